The zero-order valence-electron chi connectivity index (χ0n) is 15.0. The summed E-state index contributed by atoms with van der Waals surface area (Å²) in [5.74, 6) is -3.13. The zero-order chi connectivity index (χ0) is 19.8. The van der Waals surface area contributed by atoms with Crippen molar-refractivity contribution in [3.63, 3.8) is 0 Å². The molecule has 0 spiro atoms. The van der Waals surface area contributed by atoms with Crippen LogP contribution < -0.4 is 5.32 Å². The van der Waals surface area contributed by atoms with Crippen LogP contribution in [-0.4, -0.2) is 34.7 Å². The number of pyridine rings is 1. The van der Waals surface area contributed by atoms with Gasteiger partial charge in [0.25, 0.3) is 5.91 Å². The Kier molecular flexibility index (Phi) is 4.35. The number of aromatic nitrogens is 1. The monoisotopic (exact) mass is 377 g/mol. The quantitative estimate of drug-likeness (QED) is 0.712. The molecule has 140 valence electrons. The Morgan fingerprint density at radius 1 is 1.14 bits per heavy atom. The number of hydrogen-bond acceptors (Lipinski definition) is 4. The molecule has 1 aromatic heterocycles. The van der Waals surface area contributed by atoms with Crippen LogP contribution in [0.2, 0.25) is 0 Å². The maximum absolute atomic E-state index is 14.6. The second-order valence-electron chi connectivity index (χ2n) is 6.59. The van der Waals surface area contributed by atoms with Gasteiger partial charge >= 0.3 is 0 Å². The molecule has 1 aliphatic heterocycles. The van der Waals surface area contributed by atoms with E-state index in [-0.39, 0.29) is 23.5 Å². The van der Waals surface area contributed by atoms with Crippen LogP contribution in [0.15, 0.2) is 54.7 Å². The summed E-state index contributed by atoms with van der Waals surface area (Å²) in [6.07, 6.45) is 1.51. The maximum atomic E-state index is 14.6. The predicted octanol–water partition coefficient (Wildman–Crippen LogP) is 3.10. The molecule has 1 saturated heterocycles. The minimum Gasteiger partial charge on any atom is -0.320 e. The van der Waals surface area contributed by atoms with Gasteiger partial charge < -0.3 is 5.32 Å². The molecule has 3 aromatic rings. The van der Waals surface area contributed by atoms with Crippen molar-refractivity contribution in [3.8, 4) is 0 Å². The number of likely N-dealkylation sites (N-methyl/N-ethyl adjacent to an activating group) is 1. The number of fused-ring (bicyclic) bond motifs is 1. The third-order valence-electron chi connectivity index (χ3n) is 4.91. The molecule has 4 rings (SSSR count). The van der Waals surface area contributed by atoms with Crippen molar-refractivity contribution >= 4 is 34.3 Å². The third kappa shape index (κ3) is 2.90. The number of carbonyl (C=O) groups excluding carboxylic acids is 3. The first-order chi connectivity index (χ1) is 13.5. The number of nitrogens with zero attached hydrogens (tertiary/aromatic N) is 2. The van der Waals surface area contributed by atoms with Gasteiger partial charge in [-0.3, -0.25) is 24.3 Å². The van der Waals surface area contributed by atoms with Gasteiger partial charge in [0.05, 0.1) is 22.7 Å². The summed E-state index contributed by atoms with van der Waals surface area (Å²) < 4.78 is 14.6. The minimum absolute atomic E-state index is 0.0884. The van der Waals surface area contributed by atoms with Crippen LogP contribution in [0.5, 0.6) is 0 Å². The Balaban J connectivity index is 1.74. The Labute approximate surface area is 160 Å². The molecular formula is C21H16FN3O3. The van der Waals surface area contributed by atoms with E-state index in [9.17, 15) is 18.8 Å². The molecule has 1 fully saturated rings. The largest absolute Gasteiger partial charge is 0.320 e. The minimum atomic E-state index is -0.875. The number of carbonyl (C=O) groups is 3. The lowest BCUT2D eigenvalue weighted by molar-refractivity contribution is -0.137. The summed E-state index contributed by atoms with van der Waals surface area (Å²) in [5, 5.41) is 3.52. The second kappa shape index (κ2) is 6.84. The molecule has 28 heavy (non-hydrogen) atoms. The van der Waals surface area contributed by atoms with Crippen LogP contribution in [-0.2, 0) is 9.59 Å². The van der Waals surface area contributed by atoms with Crippen LogP contribution in [0.3, 0.4) is 0 Å². The van der Waals surface area contributed by atoms with Crippen molar-refractivity contribution in [1.82, 2.24) is 9.88 Å². The van der Waals surface area contributed by atoms with Crippen LogP contribution in [0.4, 0.5) is 10.1 Å². The van der Waals surface area contributed by atoms with E-state index in [1.807, 2.05) is 12.1 Å². The molecule has 0 saturated carbocycles. The number of benzene rings is 2. The number of para-hydroxylation sites is 1. The summed E-state index contributed by atoms with van der Waals surface area (Å²) in [7, 11) is 1.38. The summed E-state index contributed by atoms with van der Waals surface area (Å²) in [5.41, 5.74) is 0.969. The fourth-order valence-corrected chi connectivity index (χ4v) is 3.46. The van der Waals surface area contributed by atoms with Crippen molar-refractivity contribution in [2.24, 2.45) is 0 Å². The molecule has 0 radical (unpaired) electrons. The number of imide groups is 1. The topological polar surface area (TPSA) is 79.4 Å². The zero-order valence-corrected chi connectivity index (χ0v) is 15.0. The molecule has 7 heteroatoms. The van der Waals surface area contributed by atoms with E-state index < -0.39 is 23.5 Å². The molecule has 1 aliphatic rings. The lowest BCUT2D eigenvalue weighted by Gasteiger charge is -2.15. The number of hydrogen-bond donors (Lipinski definition) is 1. The normalized spacial score (nSPS) is 16.6. The highest BCUT2D eigenvalue weighted by Gasteiger charge is 2.39. The molecule has 0 aliphatic carbocycles. The number of nitrogens with one attached hydrogen (secondary N) is 1. The fourth-order valence-electron chi connectivity index (χ4n) is 3.46. The van der Waals surface area contributed by atoms with Crippen LogP contribution in [0.25, 0.3) is 10.9 Å². The van der Waals surface area contributed by atoms with Gasteiger partial charge in [0.2, 0.25) is 11.8 Å². The van der Waals surface area contributed by atoms with E-state index >= 15 is 0 Å². The van der Waals surface area contributed by atoms with E-state index in [0.717, 1.165) is 16.4 Å². The van der Waals surface area contributed by atoms with Crippen LogP contribution >= 0.6 is 0 Å². The first-order valence-corrected chi connectivity index (χ1v) is 8.71. The van der Waals surface area contributed by atoms with Gasteiger partial charge in [-0.15, -0.1) is 0 Å². The van der Waals surface area contributed by atoms with Crippen LogP contribution in [0, 0.1) is 5.82 Å². The first kappa shape index (κ1) is 17.8. The Morgan fingerprint density at radius 3 is 2.64 bits per heavy atom. The van der Waals surface area contributed by atoms with E-state index in [0.29, 0.717) is 11.2 Å². The molecule has 1 atom stereocenters. The van der Waals surface area contributed by atoms with E-state index in [2.05, 4.69) is 10.3 Å². The lowest BCUT2D eigenvalue weighted by Crippen LogP contribution is -2.26. The summed E-state index contributed by atoms with van der Waals surface area (Å²) in [6.45, 7) is 0. The highest BCUT2D eigenvalue weighted by atomic mass is 19.1. The van der Waals surface area contributed by atoms with Gasteiger partial charge in [0.15, 0.2) is 0 Å². The highest BCUT2D eigenvalue weighted by Crippen LogP contribution is 2.33. The second-order valence-corrected chi connectivity index (χ2v) is 6.59. The first-order valence-electron chi connectivity index (χ1n) is 8.71. The molecule has 2 heterocycles. The standard InChI is InChI=1S/C21H16FN3O3/c1-25-17(26)11-14(21(25)28)13-7-3-8-15(22)18(13)20(27)24-16-9-2-5-12-6-4-10-23-19(12)16/h2-10,14H,11H2,1H3,(H,24,27). The van der Waals surface area contributed by atoms with Gasteiger partial charge in [-0.2, -0.15) is 0 Å². The number of amides is 3. The Bertz CT molecular complexity index is 1120. The van der Waals surface area contributed by atoms with E-state index in [1.165, 1.54) is 19.2 Å². The lowest BCUT2D eigenvalue weighted by atomic mass is 9.92. The van der Waals surface area contributed by atoms with Gasteiger partial charge in [-0.05, 0) is 23.8 Å². The van der Waals surface area contributed by atoms with Crippen molar-refractivity contribution in [1.29, 1.82) is 0 Å². The number of likely N-dealkylation sites (tertiary alicyclic amines) is 1. The highest BCUT2D eigenvalue weighted by molar-refractivity contribution is 6.12. The molecule has 0 bridgehead atoms. The van der Waals surface area contributed by atoms with Gasteiger partial charge in [-0.25, -0.2) is 4.39 Å². The fraction of sp³-hybridized carbons (Fsp3) is 0.143. The van der Waals surface area contributed by atoms with Gasteiger partial charge in [0, 0.05) is 25.1 Å². The van der Waals surface area contributed by atoms with Crippen LogP contribution in [0.1, 0.15) is 28.3 Å². The Hall–Kier alpha value is -3.61. The maximum Gasteiger partial charge on any atom is 0.259 e. The third-order valence-corrected chi connectivity index (χ3v) is 4.91. The summed E-state index contributed by atoms with van der Waals surface area (Å²) in [4.78, 5) is 42.5. The van der Waals surface area contributed by atoms with Crippen molar-refractivity contribution in [2.75, 3.05) is 12.4 Å². The van der Waals surface area contributed by atoms with Crippen molar-refractivity contribution in [2.45, 2.75) is 12.3 Å². The molecule has 6 nitrogen and oxygen atoms in total. The predicted molar refractivity (Wildman–Crippen MR) is 101 cm³/mol. The molecule has 1 unspecified atom stereocenters. The average molecular weight is 377 g/mol. The summed E-state index contributed by atoms with van der Waals surface area (Å²) >= 11 is 0. The van der Waals surface area contributed by atoms with Gasteiger partial charge in [-0.1, -0.05) is 30.3 Å². The molecular weight excluding hydrogens is 361 g/mol. The van der Waals surface area contributed by atoms with Gasteiger partial charge in [0.1, 0.15) is 5.82 Å². The number of halogens is 1. The molecule has 3 amide bonds. The smallest absolute Gasteiger partial charge is 0.259 e. The Morgan fingerprint density at radius 2 is 1.89 bits per heavy atom. The van der Waals surface area contributed by atoms with Crippen molar-refractivity contribution < 1.29 is 18.8 Å². The summed E-state index contributed by atoms with van der Waals surface area (Å²) in [6, 6.07) is 13.0. The van der Waals surface area contributed by atoms with E-state index in [4.69, 9.17) is 0 Å². The number of rotatable bonds is 3. The number of anilines is 1. The molecule has 2 aromatic carbocycles. The molecule has 1 N–H and O–H groups in total. The SMILES string of the molecule is CN1C(=O)CC(c2cccc(F)c2C(=O)Nc2cccc3cccnc23)C1=O. The average Bonchev–Trinajstić information content (AvgIpc) is 2.95. The van der Waals surface area contributed by atoms with E-state index in [1.54, 1.807) is 24.4 Å². The van der Waals surface area contributed by atoms with Crippen molar-refractivity contribution in [3.05, 3.63) is 71.7 Å².